The molecule has 0 aromatic heterocycles. The highest BCUT2D eigenvalue weighted by atomic mass is 16.4. The molecule has 2 aliphatic carbocycles. The molecular formula is C21H17NO3. The fraction of sp³-hybridized carbons (Fsp3) is 0.143. The second-order valence-corrected chi connectivity index (χ2v) is 6.46. The topological polar surface area (TPSA) is 80.4 Å². The Morgan fingerprint density at radius 3 is 2.56 bits per heavy atom. The maximum Gasteiger partial charge on any atom is 0.312 e. The number of primary amides is 1. The summed E-state index contributed by atoms with van der Waals surface area (Å²) >= 11 is 0. The van der Waals surface area contributed by atoms with Crippen molar-refractivity contribution < 1.29 is 14.7 Å². The molecule has 0 saturated heterocycles. The first-order valence-corrected chi connectivity index (χ1v) is 8.15. The molecule has 0 bridgehead atoms. The molecule has 2 aromatic rings. The Morgan fingerprint density at radius 1 is 1.04 bits per heavy atom. The van der Waals surface area contributed by atoms with Gasteiger partial charge in [-0.25, -0.2) is 0 Å². The van der Waals surface area contributed by atoms with Crippen molar-refractivity contribution in [2.75, 3.05) is 0 Å². The number of fused-ring (bicyclic) bond motifs is 3. The average molecular weight is 331 g/mol. The van der Waals surface area contributed by atoms with Crippen molar-refractivity contribution in [1.29, 1.82) is 0 Å². The van der Waals surface area contributed by atoms with Crippen LogP contribution in [0.2, 0.25) is 0 Å². The number of carbonyl (C=O) groups is 2. The van der Waals surface area contributed by atoms with Crippen LogP contribution in [0.4, 0.5) is 0 Å². The molecule has 0 heterocycles. The van der Waals surface area contributed by atoms with Gasteiger partial charge in [-0.3, -0.25) is 9.59 Å². The van der Waals surface area contributed by atoms with Gasteiger partial charge >= 0.3 is 5.97 Å². The fourth-order valence-electron chi connectivity index (χ4n) is 4.09. The van der Waals surface area contributed by atoms with Gasteiger partial charge in [0.2, 0.25) is 5.91 Å². The van der Waals surface area contributed by atoms with Crippen molar-refractivity contribution >= 4 is 11.9 Å². The SMILES string of the molecule is NC(=O)C1(c2cccc3c2Cc2ccccc2-3)C=CC=CC1C(=O)O. The van der Waals surface area contributed by atoms with Crippen LogP contribution in [0.15, 0.2) is 66.8 Å². The lowest BCUT2D eigenvalue weighted by Crippen LogP contribution is -2.49. The first-order chi connectivity index (χ1) is 12.1. The number of hydrogen-bond donors (Lipinski definition) is 2. The summed E-state index contributed by atoms with van der Waals surface area (Å²) in [5.74, 6) is -2.73. The molecule has 0 aliphatic heterocycles. The summed E-state index contributed by atoms with van der Waals surface area (Å²) in [6, 6.07) is 13.8. The minimum Gasteiger partial charge on any atom is -0.481 e. The maximum absolute atomic E-state index is 12.5. The van der Waals surface area contributed by atoms with Crippen LogP contribution in [0.25, 0.3) is 11.1 Å². The van der Waals surface area contributed by atoms with Gasteiger partial charge in [-0.1, -0.05) is 66.8 Å². The zero-order valence-corrected chi connectivity index (χ0v) is 13.5. The third kappa shape index (κ3) is 2.07. The van der Waals surface area contributed by atoms with Crippen LogP contribution in [-0.2, 0) is 21.4 Å². The molecule has 4 nitrogen and oxygen atoms in total. The number of hydrogen-bond acceptors (Lipinski definition) is 2. The molecule has 25 heavy (non-hydrogen) atoms. The standard InChI is InChI=1S/C21H17NO3/c22-20(25)21(11-4-3-9-18(21)19(23)24)17-10-5-8-15-14-7-2-1-6-13(14)12-16(15)17/h1-11,18H,12H2,(H2,22,25)(H,23,24). The maximum atomic E-state index is 12.5. The van der Waals surface area contributed by atoms with E-state index < -0.39 is 23.2 Å². The van der Waals surface area contributed by atoms with Crippen molar-refractivity contribution in [2.45, 2.75) is 11.8 Å². The summed E-state index contributed by atoms with van der Waals surface area (Å²) in [5, 5.41) is 9.71. The van der Waals surface area contributed by atoms with E-state index in [4.69, 9.17) is 5.73 Å². The Morgan fingerprint density at radius 2 is 1.80 bits per heavy atom. The molecular weight excluding hydrogens is 314 g/mol. The van der Waals surface area contributed by atoms with E-state index in [2.05, 4.69) is 6.07 Å². The van der Waals surface area contributed by atoms with Gasteiger partial charge < -0.3 is 10.8 Å². The Hall–Kier alpha value is -3.14. The molecule has 2 unspecified atom stereocenters. The molecule has 0 fully saturated rings. The van der Waals surface area contributed by atoms with E-state index in [1.165, 1.54) is 11.6 Å². The van der Waals surface area contributed by atoms with Gasteiger partial charge in [-0.05, 0) is 34.2 Å². The summed E-state index contributed by atoms with van der Waals surface area (Å²) in [6.07, 6.45) is 7.19. The third-order valence-electron chi connectivity index (χ3n) is 5.23. The van der Waals surface area contributed by atoms with E-state index in [1.54, 1.807) is 18.2 Å². The molecule has 4 rings (SSSR count). The summed E-state index contributed by atoms with van der Waals surface area (Å²) < 4.78 is 0. The number of benzene rings is 2. The second kappa shape index (κ2) is 5.45. The van der Waals surface area contributed by atoms with Crippen molar-refractivity contribution in [3.63, 3.8) is 0 Å². The van der Waals surface area contributed by atoms with E-state index in [0.29, 0.717) is 12.0 Å². The minimum atomic E-state index is -1.38. The quantitative estimate of drug-likeness (QED) is 0.774. The second-order valence-electron chi connectivity index (χ2n) is 6.46. The Kier molecular flexibility index (Phi) is 3.35. The van der Waals surface area contributed by atoms with Crippen LogP contribution >= 0.6 is 0 Å². The largest absolute Gasteiger partial charge is 0.481 e. The number of amides is 1. The zero-order chi connectivity index (χ0) is 17.6. The number of carboxylic acids is 1. The molecule has 124 valence electrons. The lowest BCUT2D eigenvalue weighted by Gasteiger charge is -2.35. The molecule has 2 atom stereocenters. The fourth-order valence-corrected chi connectivity index (χ4v) is 4.09. The van der Waals surface area contributed by atoms with Gasteiger partial charge in [0, 0.05) is 0 Å². The molecule has 2 aliphatic rings. The van der Waals surface area contributed by atoms with Crippen LogP contribution < -0.4 is 5.73 Å². The lowest BCUT2D eigenvalue weighted by atomic mass is 9.65. The first kappa shape index (κ1) is 15.4. The molecule has 4 heteroatoms. The predicted molar refractivity (Wildman–Crippen MR) is 95.0 cm³/mol. The highest BCUT2D eigenvalue weighted by Crippen LogP contribution is 2.46. The van der Waals surface area contributed by atoms with Crippen molar-refractivity contribution in [3.8, 4) is 11.1 Å². The van der Waals surface area contributed by atoms with Gasteiger partial charge in [0.15, 0.2) is 0 Å². The predicted octanol–water partition coefficient (Wildman–Crippen LogP) is 2.81. The van der Waals surface area contributed by atoms with Gasteiger partial charge in [0.05, 0.1) is 5.92 Å². The number of nitrogens with two attached hydrogens (primary N) is 1. The number of rotatable bonds is 3. The van der Waals surface area contributed by atoms with E-state index >= 15 is 0 Å². The normalized spacial score (nSPS) is 23.1. The van der Waals surface area contributed by atoms with Crippen LogP contribution in [0, 0.1) is 5.92 Å². The van der Waals surface area contributed by atoms with Crippen LogP contribution in [0.1, 0.15) is 16.7 Å². The van der Waals surface area contributed by atoms with E-state index in [1.807, 2.05) is 36.4 Å². The minimum absolute atomic E-state index is 0.648. The highest BCUT2D eigenvalue weighted by Gasteiger charge is 2.49. The summed E-state index contributed by atoms with van der Waals surface area (Å²) in [5.41, 5.74) is 9.40. The number of carbonyl (C=O) groups excluding carboxylic acids is 1. The Labute approximate surface area is 145 Å². The Balaban J connectivity index is 1.98. The van der Waals surface area contributed by atoms with Gasteiger partial charge in [-0.15, -0.1) is 0 Å². The van der Waals surface area contributed by atoms with Crippen molar-refractivity contribution in [1.82, 2.24) is 0 Å². The number of allylic oxidation sites excluding steroid dienone is 2. The highest BCUT2D eigenvalue weighted by molar-refractivity contribution is 5.97. The molecule has 2 aromatic carbocycles. The van der Waals surface area contributed by atoms with Gasteiger partial charge in [0.1, 0.15) is 5.41 Å². The van der Waals surface area contributed by atoms with E-state index in [0.717, 1.165) is 16.7 Å². The van der Waals surface area contributed by atoms with Gasteiger partial charge in [-0.2, -0.15) is 0 Å². The Bertz CT molecular complexity index is 957. The lowest BCUT2D eigenvalue weighted by molar-refractivity contribution is -0.144. The van der Waals surface area contributed by atoms with E-state index in [-0.39, 0.29) is 0 Å². The summed E-state index contributed by atoms with van der Waals surface area (Å²) in [4.78, 5) is 24.4. The average Bonchev–Trinajstić information content (AvgIpc) is 3.00. The van der Waals surface area contributed by atoms with E-state index in [9.17, 15) is 14.7 Å². The third-order valence-corrected chi connectivity index (χ3v) is 5.23. The van der Waals surface area contributed by atoms with Crippen molar-refractivity contribution in [3.05, 3.63) is 83.5 Å². The summed E-state index contributed by atoms with van der Waals surface area (Å²) in [7, 11) is 0. The van der Waals surface area contributed by atoms with Crippen molar-refractivity contribution in [2.24, 2.45) is 11.7 Å². The van der Waals surface area contributed by atoms with Gasteiger partial charge in [0.25, 0.3) is 0 Å². The van der Waals surface area contributed by atoms with Crippen LogP contribution in [0.5, 0.6) is 0 Å². The molecule has 3 N–H and O–H groups in total. The zero-order valence-electron chi connectivity index (χ0n) is 13.5. The monoisotopic (exact) mass is 331 g/mol. The molecule has 1 amide bonds. The molecule has 0 radical (unpaired) electrons. The van der Waals surface area contributed by atoms with Crippen LogP contribution in [-0.4, -0.2) is 17.0 Å². The summed E-state index contributed by atoms with van der Waals surface area (Å²) in [6.45, 7) is 0. The smallest absolute Gasteiger partial charge is 0.312 e. The van der Waals surface area contributed by atoms with Crippen LogP contribution in [0.3, 0.4) is 0 Å². The molecule has 0 saturated carbocycles. The number of carboxylic acid groups (broad SMARTS) is 1. The molecule has 0 spiro atoms. The first-order valence-electron chi connectivity index (χ1n) is 8.15. The number of aliphatic carboxylic acids is 1.